The van der Waals surface area contributed by atoms with Crippen molar-refractivity contribution in [2.24, 2.45) is 5.10 Å². The van der Waals surface area contributed by atoms with Crippen LogP contribution in [0.4, 0.5) is 10.5 Å². The predicted octanol–water partition coefficient (Wildman–Crippen LogP) is 4.81. The summed E-state index contributed by atoms with van der Waals surface area (Å²) in [6.07, 6.45) is 3.13. The highest BCUT2D eigenvalue weighted by molar-refractivity contribution is 8.14. The average Bonchev–Trinajstić information content (AvgIpc) is 2.87. The lowest BCUT2D eigenvalue weighted by Crippen LogP contribution is -2.29. The van der Waals surface area contributed by atoms with Crippen molar-refractivity contribution < 1.29 is 19.1 Å². The van der Waals surface area contributed by atoms with Gasteiger partial charge in [0.05, 0.1) is 31.5 Å². The number of pyridine rings is 1. The Hall–Kier alpha value is -3.85. The second-order valence-corrected chi connectivity index (χ2v) is 8.28. The maximum Gasteiger partial charge on any atom is 0.302 e. The van der Waals surface area contributed by atoms with Crippen LogP contribution in [-0.4, -0.2) is 46.3 Å². The van der Waals surface area contributed by atoms with E-state index >= 15 is 0 Å². The van der Waals surface area contributed by atoms with Crippen molar-refractivity contribution >= 4 is 34.3 Å². The van der Waals surface area contributed by atoms with Crippen LogP contribution in [0.3, 0.4) is 0 Å². The Kier molecular flexibility index (Phi) is 7.44. The van der Waals surface area contributed by atoms with Crippen molar-refractivity contribution in [3.05, 3.63) is 83.7 Å². The van der Waals surface area contributed by atoms with Gasteiger partial charge in [-0.05, 0) is 55.0 Å². The summed E-state index contributed by atoms with van der Waals surface area (Å²) in [6, 6.07) is 16.4. The fraction of sp³-hybridized carbons (Fsp3) is 0.200. The Morgan fingerprint density at radius 3 is 2.68 bits per heavy atom. The first-order valence-electron chi connectivity index (χ1n) is 10.7. The van der Waals surface area contributed by atoms with Crippen molar-refractivity contribution in [2.45, 2.75) is 13.5 Å². The first-order chi connectivity index (χ1) is 16.6. The minimum Gasteiger partial charge on any atom is -0.493 e. The number of amides is 2. The molecule has 2 aromatic carbocycles. The lowest BCUT2D eigenvalue weighted by atomic mass is 10.1. The largest absolute Gasteiger partial charge is 0.493 e. The van der Waals surface area contributed by atoms with Crippen molar-refractivity contribution in [3.8, 4) is 11.5 Å². The second-order valence-electron chi connectivity index (χ2n) is 7.35. The molecule has 0 aliphatic carbocycles. The monoisotopic (exact) mass is 476 g/mol. The Morgan fingerprint density at radius 2 is 1.97 bits per heavy atom. The van der Waals surface area contributed by atoms with Crippen LogP contribution in [-0.2, 0) is 6.54 Å². The Balaban J connectivity index is 1.46. The number of carbonyl (C=O) groups is 2. The van der Waals surface area contributed by atoms with Crippen molar-refractivity contribution in [3.63, 3.8) is 0 Å². The van der Waals surface area contributed by atoms with Gasteiger partial charge < -0.3 is 14.8 Å². The molecule has 1 aromatic heterocycles. The summed E-state index contributed by atoms with van der Waals surface area (Å²) in [5, 5.41) is 8.78. The number of methoxy groups -OCH3 is 1. The van der Waals surface area contributed by atoms with Gasteiger partial charge in [0.25, 0.3) is 5.91 Å². The van der Waals surface area contributed by atoms with E-state index in [1.165, 1.54) is 23.0 Å². The lowest BCUT2D eigenvalue weighted by Gasteiger charge is -2.23. The van der Waals surface area contributed by atoms with E-state index in [4.69, 9.17) is 9.47 Å². The first kappa shape index (κ1) is 23.3. The molecule has 8 nitrogen and oxygen atoms in total. The molecule has 4 rings (SSSR count). The van der Waals surface area contributed by atoms with Gasteiger partial charge in [0, 0.05) is 29.4 Å². The number of hydrazone groups is 1. The number of benzene rings is 2. The molecule has 1 aliphatic rings. The zero-order valence-corrected chi connectivity index (χ0v) is 19.7. The van der Waals surface area contributed by atoms with Crippen LogP contribution in [0, 0.1) is 0 Å². The maximum atomic E-state index is 12.5. The summed E-state index contributed by atoms with van der Waals surface area (Å²) < 4.78 is 11.0. The minimum absolute atomic E-state index is 0.115. The van der Waals surface area contributed by atoms with Gasteiger partial charge in [0.15, 0.2) is 11.5 Å². The normalized spacial score (nSPS) is 13.3. The van der Waals surface area contributed by atoms with E-state index in [-0.39, 0.29) is 11.1 Å². The van der Waals surface area contributed by atoms with Crippen molar-refractivity contribution in [1.29, 1.82) is 0 Å². The number of nitrogens with one attached hydrogen (secondary N) is 1. The van der Waals surface area contributed by atoms with Gasteiger partial charge >= 0.3 is 5.24 Å². The van der Waals surface area contributed by atoms with Crippen LogP contribution in [0.25, 0.3) is 0 Å². The van der Waals surface area contributed by atoms with Crippen molar-refractivity contribution in [2.75, 3.05) is 24.8 Å². The fourth-order valence-corrected chi connectivity index (χ4v) is 4.09. The molecule has 1 N–H and O–H groups in total. The molecular weight excluding hydrogens is 452 g/mol. The van der Waals surface area contributed by atoms with Gasteiger partial charge in [-0.15, -0.1) is 0 Å². The quantitative estimate of drug-likeness (QED) is 0.501. The van der Waals surface area contributed by atoms with Gasteiger partial charge in [0.1, 0.15) is 0 Å². The molecule has 2 amide bonds. The van der Waals surface area contributed by atoms with Crippen LogP contribution in [0.2, 0.25) is 0 Å². The summed E-state index contributed by atoms with van der Waals surface area (Å²) in [6.45, 7) is 2.75. The summed E-state index contributed by atoms with van der Waals surface area (Å²) >= 11 is 1.21. The molecule has 9 heteroatoms. The molecule has 174 valence electrons. The van der Waals surface area contributed by atoms with E-state index < -0.39 is 0 Å². The van der Waals surface area contributed by atoms with E-state index in [9.17, 15) is 9.59 Å². The number of hydrogen-bond acceptors (Lipinski definition) is 7. The summed E-state index contributed by atoms with van der Waals surface area (Å²) in [5.41, 5.74) is 3.69. The van der Waals surface area contributed by atoms with Crippen LogP contribution in [0.5, 0.6) is 11.5 Å². The van der Waals surface area contributed by atoms with Gasteiger partial charge in [-0.3, -0.25) is 14.6 Å². The van der Waals surface area contributed by atoms with E-state index in [0.717, 1.165) is 16.8 Å². The first-order valence-corrected chi connectivity index (χ1v) is 11.7. The molecule has 3 aromatic rings. The third-order valence-electron chi connectivity index (χ3n) is 5.05. The van der Waals surface area contributed by atoms with Gasteiger partial charge in [0.2, 0.25) is 0 Å². The molecule has 0 radical (unpaired) electrons. The molecule has 0 fully saturated rings. The summed E-state index contributed by atoms with van der Waals surface area (Å²) in [7, 11) is 1.60. The molecule has 0 atom stereocenters. The number of anilines is 1. The van der Waals surface area contributed by atoms with Gasteiger partial charge in [-0.2, -0.15) is 5.10 Å². The van der Waals surface area contributed by atoms with Crippen molar-refractivity contribution in [1.82, 2.24) is 9.99 Å². The minimum atomic E-state index is -0.233. The molecule has 2 heterocycles. The SMILES string of the molecule is CCOc1cc(C2=NN(Cc3ccc(NC(=O)c4cccnc4)cc3)C(=O)SC2)ccc1OC. The van der Waals surface area contributed by atoms with Crippen LogP contribution >= 0.6 is 11.8 Å². The van der Waals surface area contributed by atoms with E-state index in [0.29, 0.717) is 41.7 Å². The Labute approximate surface area is 202 Å². The van der Waals surface area contributed by atoms with E-state index in [1.807, 2.05) is 37.3 Å². The average molecular weight is 477 g/mol. The third-order valence-corrected chi connectivity index (χ3v) is 5.92. The number of ether oxygens (including phenoxy) is 2. The lowest BCUT2D eigenvalue weighted by molar-refractivity contribution is 0.102. The topological polar surface area (TPSA) is 93.1 Å². The zero-order valence-electron chi connectivity index (χ0n) is 18.9. The predicted molar refractivity (Wildman–Crippen MR) is 133 cm³/mol. The smallest absolute Gasteiger partial charge is 0.302 e. The maximum absolute atomic E-state index is 12.5. The second kappa shape index (κ2) is 10.8. The molecule has 0 bridgehead atoms. The van der Waals surface area contributed by atoms with E-state index in [1.54, 1.807) is 37.6 Å². The number of aromatic nitrogens is 1. The van der Waals surface area contributed by atoms with E-state index in [2.05, 4.69) is 15.4 Å². The molecule has 0 unspecified atom stereocenters. The highest BCUT2D eigenvalue weighted by atomic mass is 32.2. The standard InChI is InChI=1S/C25H24N4O4S/c1-3-33-23-13-18(8-11-22(23)32-2)21-16-34-25(31)29(28-21)15-17-6-9-20(10-7-17)27-24(30)19-5-4-12-26-14-19/h4-14H,3,15-16H2,1-2H3,(H,27,30). The highest BCUT2D eigenvalue weighted by Crippen LogP contribution is 2.30. The Morgan fingerprint density at radius 1 is 1.15 bits per heavy atom. The Bertz CT molecular complexity index is 1200. The summed E-state index contributed by atoms with van der Waals surface area (Å²) in [5.74, 6) is 1.54. The zero-order chi connectivity index (χ0) is 23.9. The molecular formula is C25H24N4O4S. The molecule has 0 spiro atoms. The molecule has 1 aliphatic heterocycles. The number of thioether (sulfide) groups is 1. The highest BCUT2D eigenvalue weighted by Gasteiger charge is 2.23. The number of rotatable bonds is 8. The number of carbonyl (C=O) groups excluding carboxylic acids is 2. The number of nitrogens with zero attached hydrogens (tertiary/aromatic N) is 3. The van der Waals surface area contributed by atoms with Crippen LogP contribution in [0.1, 0.15) is 28.4 Å². The number of hydrogen-bond donors (Lipinski definition) is 1. The van der Waals surface area contributed by atoms with Crippen LogP contribution < -0.4 is 14.8 Å². The fourth-order valence-electron chi connectivity index (χ4n) is 3.35. The third kappa shape index (κ3) is 5.55. The van der Waals surface area contributed by atoms with Crippen LogP contribution in [0.15, 0.2) is 72.1 Å². The van der Waals surface area contributed by atoms with Gasteiger partial charge in [-0.25, -0.2) is 5.01 Å². The molecule has 34 heavy (non-hydrogen) atoms. The molecule has 0 saturated heterocycles. The summed E-state index contributed by atoms with van der Waals surface area (Å²) in [4.78, 5) is 28.7. The van der Waals surface area contributed by atoms with Gasteiger partial charge in [-0.1, -0.05) is 23.9 Å². The molecule has 0 saturated carbocycles.